The van der Waals surface area contributed by atoms with Crippen LogP contribution in [0.2, 0.25) is 0 Å². The minimum absolute atomic E-state index is 0.0614. The largest absolute Gasteiger partial charge is 0.399 e. The van der Waals surface area contributed by atoms with Crippen LogP contribution in [0.15, 0.2) is 29.2 Å². The fraction of sp³-hybridized carbons (Fsp3) is 0.286. The Morgan fingerprint density at radius 1 is 1.29 bits per heavy atom. The van der Waals surface area contributed by atoms with Gasteiger partial charge in [0.25, 0.3) is 0 Å². The van der Waals surface area contributed by atoms with Crippen molar-refractivity contribution < 1.29 is 12.8 Å². The van der Waals surface area contributed by atoms with Gasteiger partial charge in [-0.15, -0.1) is 11.3 Å². The summed E-state index contributed by atoms with van der Waals surface area (Å²) in [6, 6.07) is 5.79. The van der Waals surface area contributed by atoms with E-state index in [0.29, 0.717) is 0 Å². The molecule has 2 aromatic rings. The zero-order valence-electron chi connectivity index (χ0n) is 12.0. The quantitative estimate of drug-likeness (QED) is 0.847. The molecular weight excluding hydrogens is 311 g/mol. The Labute approximate surface area is 127 Å². The Morgan fingerprint density at radius 2 is 1.95 bits per heavy atom. The molecule has 0 aliphatic carbocycles. The average molecular weight is 328 g/mol. The predicted molar refractivity (Wildman–Crippen MR) is 83.3 cm³/mol. The number of hydrogen-bond donors (Lipinski definition) is 2. The summed E-state index contributed by atoms with van der Waals surface area (Å²) in [6.07, 6.45) is 0. The second-order valence-electron chi connectivity index (χ2n) is 4.92. The molecule has 0 saturated carbocycles. The second-order valence-corrected chi connectivity index (χ2v) is 7.92. The number of nitrogen functional groups attached to an aromatic ring is 1. The summed E-state index contributed by atoms with van der Waals surface area (Å²) in [5.74, 6) is -0.630. The highest BCUT2D eigenvalue weighted by molar-refractivity contribution is 7.89. The van der Waals surface area contributed by atoms with Crippen LogP contribution in [-0.4, -0.2) is 8.42 Å². The number of nitrogens with one attached hydrogen (secondary N) is 1. The smallest absolute Gasteiger partial charge is 0.241 e. The molecule has 21 heavy (non-hydrogen) atoms. The summed E-state index contributed by atoms with van der Waals surface area (Å²) in [4.78, 5) is 1.88. The van der Waals surface area contributed by atoms with Crippen molar-refractivity contribution in [2.24, 2.45) is 0 Å². The molecule has 0 aliphatic rings. The molecule has 4 nitrogen and oxygen atoms in total. The highest BCUT2D eigenvalue weighted by Crippen LogP contribution is 2.26. The van der Waals surface area contributed by atoms with Gasteiger partial charge in [-0.1, -0.05) is 0 Å². The normalized spacial score (nSPS) is 13.3. The van der Waals surface area contributed by atoms with Gasteiger partial charge in [0.2, 0.25) is 10.0 Å². The van der Waals surface area contributed by atoms with Crippen molar-refractivity contribution in [1.29, 1.82) is 0 Å². The number of hydrogen-bond acceptors (Lipinski definition) is 4. The molecule has 0 aliphatic heterocycles. The fourth-order valence-electron chi connectivity index (χ4n) is 1.99. The lowest BCUT2D eigenvalue weighted by atomic mass is 10.2. The number of aryl methyl sites for hydroxylation is 1. The fourth-order valence-corrected chi connectivity index (χ4v) is 4.46. The molecule has 0 amide bonds. The van der Waals surface area contributed by atoms with Gasteiger partial charge in [-0.25, -0.2) is 17.5 Å². The molecule has 2 rings (SSSR count). The van der Waals surface area contributed by atoms with E-state index in [-0.39, 0.29) is 16.1 Å². The molecule has 7 heteroatoms. The number of halogens is 1. The van der Waals surface area contributed by atoms with Crippen LogP contribution in [0.25, 0.3) is 0 Å². The maximum absolute atomic E-state index is 13.7. The zero-order chi connectivity index (χ0) is 15.8. The van der Waals surface area contributed by atoms with E-state index in [4.69, 9.17) is 5.73 Å². The molecule has 0 saturated heterocycles. The maximum atomic E-state index is 13.7. The second kappa shape index (κ2) is 5.75. The van der Waals surface area contributed by atoms with Crippen molar-refractivity contribution in [3.63, 3.8) is 0 Å². The van der Waals surface area contributed by atoms with Crippen LogP contribution < -0.4 is 10.5 Å². The SMILES string of the molecule is Cc1ccc(C(C)NS(=O)(=O)c2cc(N)cc(F)c2C)s1. The van der Waals surface area contributed by atoms with Gasteiger partial charge in [0.05, 0.1) is 10.9 Å². The van der Waals surface area contributed by atoms with Crippen molar-refractivity contribution in [3.8, 4) is 0 Å². The van der Waals surface area contributed by atoms with Gasteiger partial charge in [0.1, 0.15) is 5.82 Å². The van der Waals surface area contributed by atoms with Gasteiger partial charge in [0.15, 0.2) is 0 Å². The molecular formula is C14H17FN2O2S2. The molecule has 1 unspecified atom stereocenters. The van der Waals surface area contributed by atoms with Gasteiger partial charge in [-0.2, -0.15) is 0 Å². The lowest BCUT2D eigenvalue weighted by molar-refractivity contribution is 0.563. The third kappa shape index (κ3) is 3.42. The third-order valence-electron chi connectivity index (χ3n) is 3.13. The molecule has 0 fully saturated rings. The van der Waals surface area contributed by atoms with Crippen LogP contribution >= 0.6 is 11.3 Å². The molecule has 1 aromatic heterocycles. The summed E-state index contributed by atoms with van der Waals surface area (Å²) < 4.78 is 41.1. The van der Waals surface area contributed by atoms with Gasteiger partial charge < -0.3 is 5.73 Å². The summed E-state index contributed by atoms with van der Waals surface area (Å²) in [5, 5.41) is 0. The average Bonchev–Trinajstić information content (AvgIpc) is 2.80. The molecule has 0 spiro atoms. The Morgan fingerprint density at radius 3 is 2.52 bits per heavy atom. The molecule has 1 atom stereocenters. The van der Waals surface area contributed by atoms with E-state index in [0.717, 1.165) is 15.8 Å². The first kappa shape index (κ1) is 15.9. The van der Waals surface area contributed by atoms with Crippen LogP contribution in [0, 0.1) is 19.7 Å². The predicted octanol–water partition coefficient (Wildman–Crippen LogP) is 3.13. The lowest BCUT2D eigenvalue weighted by Crippen LogP contribution is -2.27. The van der Waals surface area contributed by atoms with Crippen molar-refractivity contribution in [3.05, 3.63) is 45.4 Å². The minimum atomic E-state index is -3.84. The molecule has 114 valence electrons. The van der Waals surface area contributed by atoms with E-state index in [9.17, 15) is 12.8 Å². The topological polar surface area (TPSA) is 72.2 Å². The van der Waals surface area contributed by atoms with Crippen molar-refractivity contribution in [1.82, 2.24) is 4.72 Å². The van der Waals surface area contributed by atoms with E-state index in [1.54, 1.807) is 6.92 Å². The van der Waals surface area contributed by atoms with E-state index in [1.165, 1.54) is 24.3 Å². The first-order valence-corrected chi connectivity index (χ1v) is 8.65. The molecule has 1 heterocycles. The number of nitrogens with two attached hydrogens (primary N) is 1. The van der Waals surface area contributed by atoms with E-state index in [2.05, 4.69) is 4.72 Å². The van der Waals surface area contributed by atoms with E-state index < -0.39 is 21.9 Å². The van der Waals surface area contributed by atoms with Crippen molar-refractivity contribution in [2.75, 3.05) is 5.73 Å². The molecule has 0 radical (unpaired) electrons. The number of anilines is 1. The van der Waals surface area contributed by atoms with Crippen LogP contribution in [0.3, 0.4) is 0 Å². The van der Waals surface area contributed by atoms with Crippen molar-refractivity contribution in [2.45, 2.75) is 31.7 Å². The lowest BCUT2D eigenvalue weighted by Gasteiger charge is -2.15. The Kier molecular flexibility index (Phi) is 4.36. The van der Waals surface area contributed by atoms with Gasteiger partial charge in [-0.3, -0.25) is 0 Å². The first-order valence-electron chi connectivity index (χ1n) is 6.35. The maximum Gasteiger partial charge on any atom is 0.241 e. The van der Waals surface area contributed by atoms with Gasteiger partial charge >= 0.3 is 0 Å². The standard InChI is InChI=1S/C14H17FN2O2S2/c1-8-4-5-13(20-8)10(3)17-21(18,19)14-7-11(16)6-12(15)9(14)2/h4-7,10,17H,16H2,1-3H3. The monoisotopic (exact) mass is 328 g/mol. The van der Waals surface area contributed by atoms with E-state index >= 15 is 0 Å². The van der Waals surface area contributed by atoms with Crippen LogP contribution in [0.4, 0.5) is 10.1 Å². The summed E-state index contributed by atoms with van der Waals surface area (Å²) in [5.41, 5.74) is 5.68. The summed E-state index contributed by atoms with van der Waals surface area (Å²) in [7, 11) is -3.84. The Hall–Kier alpha value is -1.44. The van der Waals surface area contributed by atoms with Gasteiger partial charge in [0, 0.05) is 21.0 Å². The van der Waals surface area contributed by atoms with Crippen LogP contribution in [0.5, 0.6) is 0 Å². The first-order chi connectivity index (χ1) is 9.70. The number of benzene rings is 1. The van der Waals surface area contributed by atoms with Crippen molar-refractivity contribution >= 4 is 27.0 Å². The zero-order valence-corrected chi connectivity index (χ0v) is 13.6. The highest BCUT2D eigenvalue weighted by Gasteiger charge is 2.23. The highest BCUT2D eigenvalue weighted by atomic mass is 32.2. The third-order valence-corrected chi connectivity index (χ3v) is 5.98. The van der Waals surface area contributed by atoms with E-state index in [1.807, 2.05) is 19.1 Å². The summed E-state index contributed by atoms with van der Waals surface area (Å²) >= 11 is 1.52. The number of rotatable bonds is 4. The summed E-state index contributed by atoms with van der Waals surface area (Å²) in [6.45, 7) is 5.12. The number of sulfonamides is 1. The molecule has 1 aromatic carbocycles. The van der Waals surface area contributed by atoms with Crippen LogP contribution in [-0.2, 0) is 10.0 Å². The van der Waals surface area contributed by atoms with Crippen LogP contribution in [0.1, 0.15) is 28.3 Å². The number of thiophene rings is 1. The molecule has 0 bridgehead atoms. The molecule has 3 N–H and O–H groups in total. The van der Waals surface area contributed by atoms with Gasteiger partial charge in [-0.05, 0) is 45.0 Å². The minimum Gasteiger partial charge on any atom is -0.399 e. The Bertz CT molecular complexity index is 769. The Balaban J connectivity index is 2.35.